The van der Waals surface area contributed by atoms with Gasteiger partial charge in [0.2, 0.25) is 0 Å². The summed E-state index contributed by atoms with van der Waals surface area (Å²) < 4.78 is 23.5. The lowest BCUT2D eigenvalue weighted by Gasteiger charge is -2.11. The number of nitrogens with zero attached hydrogens (tertiary/aromatic N) is 6. The summed E-state index contributed by atoms with van der Waals surface area (Å²) in [5.74, 6) is 0.183. The van der Waals surface area contributed by atoms with Crippen LogP contribution in [0, 0.1) is 19.7 Å². The summed E-state index contributed by atoms with van der Waals surface area (Å²) in [5.41, 5.74) is 5.29. The molecular formula is C26H25ClFN7O. The highest BCUT2D eigenvalue weighted by Crippen LogP contribution is 2.28. The van der Waals surface area contributed by atoms with Gasteiger partial charge in [0.1, 0.15) is 12.1 Å². The van der Waals surface area contributed by atoms with Gasteiger partial charge in [-0.25, -0.2) is 14.4 Å². The van der Waals surface area contributed by atoms with Crippen molar-refractivity contribution < 1.29 is 9.13 Å². The zero-order chi connectivity index (χ0) is 25.2. The number of benzene rings is 2. The van der Waals surface area contributed by atoms with E-state index in [1.807, 2.05) is 22.5 Å². The van der Waals surface area contributed by atoms with E-state index < -0.39 is 5.82 Å². The third-order valence-electron chi connectivity index (χ3n) is 5.97. The fourth-order valence-electron chi connectivity index (χ4n) is 4.12. The van der Waals surface area contributed by atoms with Crippen LogP contribution in [0.25, 0.3) is 11.0 Å². The van der Waals surface area contributed by atoms with Gasteiger partial charge in [-0.05, 0) is 43.2 Å². The highest BCUT2D eigenvalue weighted by Gasteiger charge is 2.15. The number of halogens is 2. The molecule has 5 aromatic rings. The Balaban J connectivity index is 1.31. The summed E-state index contributed by atoms with van der Waals surface area (Å²) in [6.07, 6.45) is 3.31. The van der Waals surface area contributed by atoms with Crippen LogP contribution < -0.4 is 10.1 Å². The largest absolute Gasteiger partial charge is 0.494 e. The van der Waals surface area contributed by atoms with Crippen molar-refractivity contribution in [1.82, 2.24) is 29.5 Å². The van der Waals surface area contributed by atoms with E-state index in [0.29, 0.717) is 28.6 Å². The Hall–Kier alpha value is -3.98. The minimum atomic E-state index is -0.500. The summed E-state index contributed by atoms with van der Waals surface area (Å²) in [4.78, 5) is 8.60. The van der Waals surface area contributed by atoms with Gasteiger partial charge in [0.25, 0.3) is 0 Å². The van der Waals surface area contributed by atoms with Crippen molar-refractivity contribution in [2.75, 3.05) is 12.4 Å². The number of anilines is 1. The van der Waals surface area contributed by atoms with Crippen molar-refractivity contribution in [1.29, 1.82) is 0 Å². The Morgan fingerprint density at radius 2 is 1.75 bits per heavy atom. The van der Waals surface area contributed by atoms with Crippen LogP contribution >= 0.6 is 11.6 Å². The molecule has 36 heavy (non-hydrogen) atoms. The zero-order valence-corrected chi connectivity index (χ0v) is 20.9. The molecule has 2 aromatic carbocycles. The van der Waals surface area contributed by atoms with Crippen LogP contribution in [-0.4, -0.2) is 36.6 Å². The number of fused-ring (bicyclic) bond motifs is 1. The van der Waals surface area contributed by atoms with E-state index in [0.717, 1.165) is 28.9 Å². The predicted molar refractivity (Wildman–Crippen MR) is 137 cm³/mol. The summed E-state index contributed by atoms with van der Waals surface area (Å²) in [5, 5.41) is 13.3. The molecular weight excluding hydrogens is 481 g/mol. The third kappa shape index (κ3) is 4.87. The lowest BCUT2D eigenvalue weighted by Crippen LogP contribution is -2.06. The molecule has 0 fully saturated rings. The SMILES string of the molecule is COc1ccc(Cl)c(CNc2ncnc3nn(Cc4ccc(Cn5nc(C)cc5C)cc4)cc23)c1F. The number of methoxy groups -OCH3 is 1. The molecule has 0 amide bonds. The first kappa shape index (κ1) is 23.7. The monoisotopic (exact) mass is 505 g/mol. The zero-order valence-electron chi connectivity index (χ0n) is 20.2. The van der Waals surface area contributed by atoms with E-state index in [4.69, 9.17) is 16.3 Å². The Morgan fingerprint density at radius 1 is 1.00 bits per heavy atom. The summed E-state index contributed by atoms with van der Waals surface area (Å²) in [7, 11) is 1.42. The van der Waals surface area contributed by atoms with E-state index in [9.17, 15) is 4.39 Å². The van der Waals surface area contributed by atoms with Gasteiger partial charge in [-0.3, -0.25) is 9.36 Å². The van der Waals surface area contributed by atoms with Crippen LogP contribution in [0.3, 0.4) is 0 Å². The molecule has 0 aliphatic rings. The van der Waals surface area contributed by atoms with Crippen LogP contribution in [0.4, 0.5) is 10.2 Å². The van der Waals surface area contributed by atoms with Gasteiger partial charge in [-0.1, -0.05) is 35.9 Å². The molecule has 0 bridgehead atoms. The average Bonchev–Trinajstić information content (AvgIpc) is 3.42. The van der Waals surface area contributed by atoms with E-state index in [2.05, 4.69) is 62.7 Å². The minimum Gasteiger partial charge on any atom is -0.494 e. The van der Waals surface area contributed by atoms with Gasteiger partial charge in [-0.15, -0.1) is 0 Å². The molecule has 3 heterocycles. The Labute approximate surface area is 212 Å². The maximum atomic E-state index is 14.7. The highest BCUT2D eigenvalue weighted by molar-refractivity contribution is 6.31. The first-order valence-electron chi connectivity index (χ1n) is 11.4. The molecule has 5 rings (SSSR count). The van der Waals surface area contributed by atoms with E-state index >= 15 is 0 Å². The van der Waals surface area contributed by atoms with Crippen molar-refractivity contribution in [2.45, 2.75) is 33.5 Å². The molecule has 0 saturated heterocycles. The quantitative estimate of drug-likeness (QED) is 0.314. The fraction of sp³-hybridized carbons (Fsp3) is 0.231. The van der Waals surface area contributed by atoms with Crippen LogP contribution in [0.15, 0.2) is 55.0 Å². The normalized spacial score (nSPS) is 11.2. The minimum absolute atomic E-state index is 0.135. The van der Waals surface area contributed by atoms with Crippen molar-refractivity contribution in [3.05, 3.63) is 93.9 Å². The molecule has 0 saturated carbocycles. The molecule has 3 aromatic heterocycles. The van der Waals surface area contributed by atoms with Crippen molar-refractivity contribution in [2.24, 2.45) is 0 Å². The average molecular weight is 506 g/mol. The molecule has 0 atom stereocenters. The van der Waals surface area contributed by atoms with Gasteiger partial charge in [-0.2, -0.15) is 10.2 Å². The highest BCUT2D eigenvalue weighted by atomic mass is 35.5. The molecule has 0 unspecified atom stereocenters. The molecule has 0 aliphatic carbocycles. The second-order valence-electron chi connectivity index (χ2n) is 8.58. The summed E-state index contributed by atoms with van der Waals surface area (Å²) in [6, 6.07) is 13.6. The Kier molecular flexibility index (Phi) is 6.56. The molecule has 184 valence electrons. The maximum absolute atomic E-state index is 14.7. The van der Waals surface area contributed by atoms with E-state index in [-0.39, 0.29) is 12.3 Å². The molecule has 0 aliphatic heterocycles. The first-order chi connectivity index (χ1) is 17.4. The van der Waals surface area contributed by atoms with Crippen LogP contribution in [0.5, 0.6) is 5.75 Å². The van der Waals surface area contributed by atoms with Crippen molar-refractivity contribution >= 4 is 28.5 Å². The predicted octanol–water partition coefficient (Wildman–Crippen LogP) is 5.15. The number of aromatic nitrogens is 6. The van der Waals surface area contributed by atoms with E-state index in [1.165, 1.54) is 25.1 Å². The second-order valence-corrected chi connectivity index (χ2v) is 8.99. The Bertz CT molecular complexity index is 1530. The fourth-order valence-corrected chi connectivity index (χ4v) is 4.33. The smallest absolute Gasteiger partial charge is 0.186 e. The third-order valence-corrected chi connectivity index (χ3v) is 6.32. The number of hydrogen-bond acceptors (Lipinski definition) is 6. The van der Waals surface area contributed by atoms with Gasteiger partial charge in [0.15, 0.2) is 17.2 Å². The first-order valence-corrected chi connectivity index (χ1v) is 11.8. The lowest BCUT2D eigenvalue weighted by atomic mass is 10.1. The number of rotatable bonds is 8. The molecule has 0 spiro atoms. The second kappa shape index (κ2) is 9.94. The van der Waals surface area contributed by atoms with E-state index in [1.54, 1.807) is 6.07 Å². The van der Waals surface area contributed by atoms with Gasteiger partial charge < -0.3 is 10.1 Å². The number of aryl methyl sites for hydroxylation is 2. The van der Waals surface area contributed by atoms with Gasteiger partial charge in [0, 0.05) is 29.0 Å². The van der Waals surface area contributed by atoms with Crippen LogP contribution in [0.2, 0.25) is 5.02 Å². The van der Waals surface area contributed by atoms with Crippen molar-refractivity contribution in [3.63, 3.8) is 0 Å². The molecule has 10 heteroatoms. The van der Waals surface area contributed by atoms with Gasteiger partial charge >= 0.3 is 0 Å². The topological polar surface area (TPSA) is 82.7 Å². The summed E-state index contributed by atoms with van der Waals surface area (Å²) >= 11 is 6.21. The number of ether oxygens (including phenoxy) is 1. The Morgan fingerprint density at radius 3 is 2.44 bits per heavy atom. The number of hydrogen-bond donors (Lipinski definition) is 1. The lowest BCUT2D eigenvalue weighted by molar-refractivity contribution is 0.384. The van der Waals surface area contributed by atoms with Gasteiger partial charge in [0.05, 0.1) is 31.3 Å². The maximum Gasteiger partial charge on any atom is 0.186 e. The molecule has 0 radical (unpaired) electrons. The van der Waals surface area contributed by atoms with Crippen molar-refractivity contribution in [3.8, 4) is 5.75 Å². The number of nitrogens with one attached hydrogen (secondary N) is 1. The van der Waals surface area contributed by atoms with Crippen LogP contribution in [0.1, 0.15) is 28.1 Å². The standard InChI is InChI=1S/C26H25ClFN7O/c1-16-10-17(2)35(32-16)13-19-6-4-18(5-7-19)12-34-14-21-25(30-15-31-26(21)33-34)29-11-20-22(27)8-9-23(36-3)24(20)28/h4-10,14-15H,11-13H2,1-3H3,(H,29,30,31,33). The van der Waals surface area contributed by atoms with Crippen LogP contribution in [-0.2, 0) is 19.6 Å². The molecule has 1 N–H and O–H groups in total. The summed E-state index contributed by atoms with van der Waals surface area (Å²) in [6.45, 7) is 5.50. The molecule has 8 nitrogen and oxygen atoms in total.